The fourth-order valence-electron chi connectivity index (χ4n) is 4.98. The van der Waals surface area contributed by atoms with Gasteiger partial charge in [0.1, 0.15) is 17.5 Å². The fourth-order valence-corrected chi connectivity index (χ4v) is 4.98. The third-order valence-corrected chi connectivity index (χ3v) is 6.80. The molecule has 0 saturated carbocycles. The van der Waals surface area contributed by atoms with Crippen molar-refractivity contribution in [2.45, 2.75) is 83.6 Å². The van der Waals surface area contributed by atoms with Gasteiger partial charge in [0.05, 0.1) is 24.2 Å². The van der Waals surface area contributed by atoms with Crippen LogP contribution in [-0.2, 0) is 4.74 Å². The zero-order valence-electron chi connectivity index (χ0n) is 22.0. The van der Waals surface area contributed by atoms with Gasteiger partial charge in [-0.1, -0.05) is 25.6 Å². The summed E-state index contributed by atoms with van der Waals surface area (Å²) in [6.45, 7) is 14.8. The average Bonchev–Trinajstić information content (AvgIpc) is 3.40. The van der Waals surface area contributed by atoms with Crippen molar-refractivity contribution in [3.8, 4) is 6.07 Å². The number of halogens is 1. The van der Waals surface area contributed by atoms with Crippen LogP contribution >= 0.6 is 0 Å². The average molecular weight is 500 g/mol. The van der Waals surface area contributed by atoms with E-state index in [4.69, 9.17) is 4.74 Å². The lowest BCUT2D eigenvalue weighted by Crippen LogP contribution is -2.50. The lowest BCUT2D eigenvalue weighted by atomic mass is 10.0. The molecular formula is C27H38FN5O3. The number of carbonyl (C=O) groups is 2. The van der Waals surface area contributed by atoms with Crippen molar-refractivity contribution in [1.29, 1.82) is 5.26 Å². The van der Waals surface area contributed by atoms with E-state index >= 15 is 0 Å². The Hall–Kier alpha value is -3.28. The number of nitriles is 1. The molecule has 0 spiro atoms. The Morgan fingerprint density at radius 3 is 2.72 bits per heavy atom. The Kier molecular flexibility index (Phi) is 8.49. The molecule has 1 aromatic rings. The van der Waals surface area contributed by atoms with Gasteiger partial charge < -0.3 is 24.8 Å². The number of rotatable bonds is 8. The number of likely N-dealkylation sites (tertiary alicyclic amines) is 1. The molecule has 8 nitrogen and oxygen atoms in total. The standard InChI is InChI=1S/C27H38FN5O3/c1-7-22-16-31(26(35)33(22)18(2)20-10-8-11-21(28)14-20)17-24(30-25(34)36-27(4,5)6)19(3)32-13-9-12-23(32)15-29/h8,10-11,14,18,22-24H,3,7,9,12-13,16-17H2,1-2,4-6H3,(H,30,34). The zero-order valence-corrected chi connectivity index (χ0v) is 22.0. The summed E-state index contributed by atoms with van der Waals surface area (Å²) >= 11 is 0. The molecule has 4 unspecified atom stereocenters. The predicted molar refractivity (Wildman–Crippen MR) is 135 cm³/mol. The second-order valence-electron chi connectivity index (χ2n) is 10.6. The van der Waals surface area contributed by atoms with Crippen LogP contribution in [0.2, 0.25) is 0 Å². The van der Waals surface area contributed by atoms with Crippen LogP contribution in [0.25, 0.3) is 0 Å². The van der Waals surface area contributed by atoms with E-state index in [1.54, 1.807) is 36.6 Å². The summed E-state index contributed by atoms with van der Waals surface area (Å²) in [5.41, 5.74) is 0.625. The molecule has 2 saturated heterocycles. The monoisotopic (exact) mass is 499 g/mol. The fraction of sp³-hybridized carbons (Fsp3) is 0.593. The van der Waals surface area contributed by atoms with Crippen LogP contribution in [0.15, 0.2) is 36.5 Å². The second kappa shape index (κ2) is 11.2. The van der Waals surface area contributed by atoms with Crippen LogP contribution in [0.1, 0.15) is 65.5 Å². The van der Waals surface area contributed by atoms with E-state index in [1.165, 1.54) is 12.1 Å². The summed E-state index contributed by atoms with van der Waals surface area (Å²) in [4.78, 5) is 31.7. The van der Waals surface area contributed by atoms with Crippen LogP contribution in [0.3, 0.4) is 0 Å². The largest absolute Gasteiger partial charge is 0.444 e. The highest BCUT2D eigenvalue weighted by Gasteiger charge is 2.41. The number of benzene rings is 1. The number of carbonyl (C=O) groups excluding carboxylic acids is 2. The molecule has 2 aliphatic rings. The number of ether oxygens (including phenoxy) is 1. The molecule has 2 heterocycles. The molecule has 0 aromatic heterocycles. The molecule has 4 atom stereocenters. The lowest BCUT2D eigenvalue weighted by Gasteiger charge is -2.34. The molecule has 3 amide bonds. The van der Waals surface area contributed by atoms with Crippen LogP contribution in [0, 0.1) is 17.1 Å². The maximum absolute atomic E-state index is 13.9. The molecule has 1 aromatic carbocycles. The quantitative estimate of drug-likeness (QED) is 0.555. The van der Waals surface area contributed by atoms with Crippen LogP contribution in [0.4, 0.5) is 14.0 Å². The third kappa shape index (κ3) is 6.28. The van der Waals surface area contributed by atoms with Gasteiger partial charge >= 0.3 is 12.1 Å². The SMILES string of the molecule is C=C(C(CN1CC(CC)N(C(C)c2cccc(F)c2)C1=O)NC(=O)OC(C)(C)C)N1CCCC1C#N. The van der Waals surface area contributed by atoms with Gasteiger partial charge in [0, 0.05) is 25.3 Å². The predicted octanol–water partition coefficient (Wildman–Crippen LogP) is 4.80. The summed E-state index contributed by atoms with van der Waals surface area (Å²) in [6.07, 6.45) is 1.71. The first-order valence-electron chi connectivity index (χ1n) is 12.6. The number of amides is 3. The molecule has 9 heteroatoms. The Balaban J connectivity index is 1.82. The van der Waals surface area contributed by atoms with Crippen molar-refractivity contribution in [3.63, 3.8) is 0 Å². The first-order valence-corrected chi connectivity index (χ1v) is 12.6. The van der Waals surface area contributed by atoms with E-state index in [9.17, 15) is 19.2 Å². The first kappa shape index (κ1) is 27.3. The Morgan fingerprint density at radius 2 is 2.11 bits per heavy atom. The number of nitrogens with one attached hydrogen (secondary N) is 1. The maximum atomic E-state index is 13.9. The highest BCUT2D eigenvalue weighted by atomic mass is 19.1. The number of hydrogen-bond donors (Lipinski definition) is 1. The van der Waals surface area contributed by atoms with E-state index in [2.05, 4.69) is 18.0 Å². The smallest absolute Gasteiger partial charge is 0.408 e. The summed E-state index contributed by atoms with van der Waals surface area (Å²) in [6, 6.07) is 7.11. The van der Waals surface area contributed by atoms with Crippen molar-refractivity contribution >= 4 is 12.1 Å². The van der Waals surface area contributed by atoms with E-state index in [-0.39, 0.29) is 36.5 Å². The minimum Gasteiger partial charge on any atom is -0.444 e. The Bertz CT molecular complexity index is 1020. The van der Waals surface area contributed by atoms with E-state index < -0.39 is 17.7 Å². The van der Waals surface area contributed by atoms with Gasteiger partial charge in [-0.2, -0.15) is 5.26 Å². The highest BCUT2D eigenvalue weighted by molar-refractivity contribution is 5.78. The zero-order chi connectivity index (χ0) is 26.6. The van der Waals surface area contributed by atoms with Gasteiger partial charge in [-0.3, -0.25) is 0 Å². The van der Waals surface area contributed by atoms with Gasteiger partial charge in [-0.15, -0.1) is 0 Å². The van der Waals surface area contributed by atoms with Gasteiger partial charge in [0.2, 0.25) is 0 Å². The molecular weight excluding hydrogens is 461 g/mol. The number of alkyl carbamates (subject to hydrolysis) is 1. The lowest BCUT2D eigenvalue weighted by molar-refractivity contribution is 0.0497. The molecule has 36 heavy (non-hydrogen) atoms. The van der Waals surface area contributed by atoms with Crippen LogP contribution in [-0.4, -0.2) is 70.2 Å². The van der Waals surface area contributed by atoms with Crippen molar-refractivity contribution < 1.29 is 18.7 Å². The maximum Gasteiger partial charge on any atom is 0.408 e. The molecule has 1 N–H and O–H groups in total. The van der Waals surface area contributed by atoms with Crippen molar-refractivity contribution in [2.24, 2.45) is 0 Å². The third-order valence-electron chi connectivity index (χ3n) is 6.80. The minimum absolute atomic E-state index is 0.0650. The summed E-state index contributed by atoms with van der Waals surface area (Å²) in [7, 11) is 0. The first-order chi connectivity index (χ1) is 16.9. The van der Waals surface area contributed by atoms with Gasteiger partial charge in [-0.25, -0.2) is 14.0 Å². The van der Waals surface area contributed by atoms with Gasteiger partial charge in [0.25, 0.3) is 0 Å². The highest BCUT2D eigenvalue weighted by Crippen LogP contribution is 2.31. The van der Waals surface area contributed by atoms with Gasteiger partial charge in [-0.05, 0) is 64.7 Å². The molecule has 196 valence electrons. The molecule has 0 bridgehead atoms. The molecule has 0 aliphatic carbocycles. The topological polar surface area (TPSA) is 88.9 Å². The van der Waals surface area contributed by atoms with E-state index in [0.717, 1.165) is 24.8 Å². The number of hydrogen-bond acceptors (Lipinski definition) is 5. The molecule has 3 rings (SSSR count). The van der Waals surface area contributed by atoms with Crippen molar-refractivity contribution in [2.75, 3.05) is 19.6 Å². The molecule has 2 fully saturated rings. The van der Waals surface area contributed by atoms with Crippen molar-refractivity contribution in [1.82, 2.24) is 20.0 Å². The number of urea groups is 1. The van der Waals surface area contributed by atoms with Crippen LogP contribution in [0.5, 0.6) is 0 Å². The second-order valence-corrected chi connectivity index (χ2v) is 10.6. The number of nitrogens with zero attached hydrogens (tertiary/aromatic N) is 4. The van der Waals surface area contributed by atoms with E-state index in [0.29, 0.717) is 18.8 Å². The summed E-state index contributed by atoms with van der Waals surface area (Å²) < 4.78 is 19.3. The minimum atomic E-state index is -0.688. The Labute approximate surface area is 213 Å². The normalized spacial score (nSPS) is 21.8. The van der Waals surface area contributed by atoms with Gasteiger partial charge in [0.15, 0.2) is 0 Å². The van der Waals surface area contributed by atoms with E-state index in [1.807, 2.05) is 24.8 Å². The molecule has 0 radical (unpaired) electrons. The van der Waals surface area contributed by atoms with Crippen molar-refractivity contribution in [3.05, 3.63) is 47.9 Å². The molecule has 2 aliphatic heterocycles. The Morgan fingerprint density at radius 1 is 1.39 bits per heavy atom. The summed E-state index contributed by atoms with van der Waals surface area (Å²) in [5, 5.41) is 12.5. The summed E-state index contributed by atoms with van der Waals surface area (Å²) in [5.74, 6) is -0.341. The van der Waals surface area contributed by atoms with Crippen LogP contribution < -0.4 is 5.32 Å².